The molecule has 0 bridgehead atoms. The highest BCUT2D eigenvalue weighted by atomic mass is 16.5. The quantitative estimate of drug-likeness (QED) is 0.338. The summed E-state index contributed by atoms with van der Waals surface area (Å²) in [5.74, 6) is -3.57. The van der Waals surface area contributed by atoms with E-state index in [-0.39, 0.29) is 32.3 Å². The van der Waals surface area contributed by atoms with E-state index in [0.717, 1.165) is 22.3 Å². The number of aliphatic carboxylic acids is 1. The fourth-order valence-corrected chi connectivity index (χ4v) is 3.45. The summed E-state index contributed by atoms with van der Waals surface area (Å²) in [5.41, 5.74) is 9.67. The van der Waals surface area contributed by atoms with Crippen molar-refractivity contribution in [3.8, 4) is 11.1 Å². The Kier molecular flexibility index (Phi) is 7.35. The molecule has 7 heteroatoms. The van der Waals surface area contributed by atoms with Crippen molar-refractivity contribution in [2.45, 2.75) is 5.92 Å². The van der Waals surface area contributed by atoms with E-state index in [9.17, 15) is 14.7 Å². The Morgan fingerprint density at radius 2 is 1.52 bits per heavy atom. The number of nitrogens with two attached hydrogens (primary N) is 1. The minimum Gasteiger partial charge on any atom is -0.481 e. The van der Waals surface area contributed by atoms with Gasteiger partial charge in [-0.3, -0.25) is 9.59 Å². The van der Waals surface area contributed by atoms with E-state index < -0.39 is 17.9 Å². The molecule has 2 aromatic carbocycles. The monoisotopic (exact) mass is 399 g/mol. The molecule has 0 fully saturated rings. The van der Waals surface area contributed by atoms with Crippen LogP contribution in [-0.2, 0) is 23.8 Å². The molecule has 0 heterocycles. The number of carboxylic acid groups (broad SMARTS) is 1. The van der Waals surface area contributed by atoms with Gasteiger partial charge in [-0.2, -0.15) is 0 Å². The van der Waals surface area contributed by atoms with E-state index in [1.807, 2.05) is 48.5 Å². The molecule has 0 radical (unpaired) electrons. The van der Waals surface area contributed by atoms with Crippen LogP contribution in [0.15, 0.2) is 48.5 Å². The summed E-state index contributed by atoms with van der Waals surface area (Å²) >= 11 is 0. The maximum atomic E-state index is 12.4. The number of fused-ring (bicyclic) bond motifs is 3. The smallest absolute Gasteiger partial charge is 0.322 e. The van der Waals surface area contributed by atoms with Crippen molar-refractivity contribution in [3.63, 3.8) is 0 Å². The topological polar surface area (TPSA) is 108 Å². The minimum atomic E-state index is -1.38. The molecule has 1 aliphatic carbocycles. The molecule has 0 aromatic heterocycles. The molecule has 0 saturated carbocycles. The van der Waals surface area contributed by atoms with E-state index in [0.29, 0.717) is 13.2 Å². The minimum absolute atomic E-state index is 0.0796. The normalized spacial score (nSPS) is 13.6. The van der Waals surface area contributed by atoms with Gasteiger partial charge in [0.25, 0.3) is 0 Å². The Balaban J connectivity index is 1.59. The Hall–Kier alpha value is -2.74. The average Bonchev–Trinajstić information content (AvgIpc) is 3.05. The zero-order valence-electron chi connectivity index (χ0n) is 16.1. The van der Waals surface area contributed by atoms with Gasteiger partial charge < -0.3 is 25.1 Å². The van der Waals surface area contributed by atoms with Crippen LogP contribution in [0.25, 0.3) is 11.1 Å². The Bertz CT molecular complexity index is 807. The number of carbonyl (C=O) groups is 2. The predicted molar refractivity (Wildman–Crippen MR) is 106 cm³/mol. The first-order valence-corrected chi connectivity index (χ1v) is 9.56. The van der Waals surface area contributed by atoms with Crippen molar-refractivity contribution in [2.75, 3.05) is 39.6 Å². The maximum absolute atomic E-state index is 12.4. The van der Waals surface area contributed by atoms with Crippen molar-refractivity contribution in [3.05, 3.63) is 59.7 Å². The van der Waals surface area contributed by atoms with Gasteiger partial charge in [0.15, 0.2) is 5.92 Å². The largest absolute Gasteiger partial charge is 0.481 e. The third-order valence-electron chi connectivity index (χ3n) is 4.86. The highest BCUT2D eigenvalue weighted by molar-refractivity contribution is 5.94. The van der Waals surface area contributed by atoms with Crippen LogP contribution in [-0.4, -0.2) is 56.6 Å². The van der Waals surface area contributed by atoms with Crippen LogP contribution in [0.2, 0.25) is 0 Å². The highest BCUT2D eigenvalue weighted by Gasteiger charge is 2.32. The molecule has 29 heavy (non-hydrogen) atoms. The molecular weight excluding hydrogens is 374 g/mol. The van der Waals surface area contributed by atoms with E-state index in [1.165, 1.54) is 0 Å². The number of rotatable bonds is 11. The van der Waals surface area contributed by atoms with Crippen molar-refractivity contribution in [1.82, 2.24) is 0 Å². The molecule has 2 aromatic rings. The summed E-state index contributed by atoms with van der Waals surface area (Å²) in [6.07, 6.45) is 0. The van der Waals surface area contributed by atoms with Gasteiger partial charge in [0.05, 0.1) is 26.4 Å². The number of carbonyl (C=O) groups excluding carboxylic acids is 1. The van der Waals surface area contributed by atoms with Crippen LogP contribution in [0.5, 0.6) is 0 Å². The highest BCUT2D eigenvalue weighted by Crippen LogP contribution is 2.44. The summed E-state index contributed by atoms with van der Waals surface area (Å²) in [5, 5.41) is 9.36. The number of hydrogen-bond donors (Lipinski definition) is 2. The number of hydrogen-bond acceptors (Lipinski definition) is 6. The van der Waals surface area contributed by atoms with Gasteiger partial charge in [-0.05, 0) is 22.3 Å². The molecule has 1 unspecified atom stereocenters. The van der Waals surface area contributed by atoms with Gasteiger partial charge in [-0.25, -0.2) is 0 Å². The standard InChI is InChI=1S/C22H25NO6/c23-9-10-27-11-12-28-13-20(21(24)25)22(26)29-14-19-17-7-3-1-5-15(17)16-6-2-4-8-18(16)19/h1-8,19-20H,9-14,23H2,(H,24,25). The Morgan fingerprint density at radius 3 is 2.10 bits per heavy atom. The van der Waals surface area contributed by atoms with Gasteiger partial charge >= 0.3 is 11.9 Å². The molecule has 0 saturated heterocycles. The van der Waals surface area contributed by atoms with E-state index in [2.05, 4.69) is 0 Å². The third kappa shape index (κ3) is 5.00. The number of ether oxygens (including phenoxy) is 3. The van der Waals surface area contributed by atoms with Crippen molar-refractivity contribution in [1.29, 1.82) is 0 Å². The summed E-state index contributed by atoms with van der Waals surface area (Å²) in [7, 11) is 0. The summed E-state index contributed by atoms with van der Waals surface area (Å²) in [6.45, 7) is 1.08. The van der Waals surface area contributed by atoms with Gasteiger partial charge in [0.1, 0.15) is 6.61 Å². The lowest BCUT2D eigenvalue weighted by Crippen LogP contribution is -2.31. The first-order valence-electron chi connectivity index (χ1n) is 9.56. The fraction of sp³-hybridized carbons (Fsp3) is 0.364. The molecule has 3 N–H and O–H groups in total. The number of carboxylic acids is 1. The molecule has 3 rings (SSSR count). The number of esters is 1. The van der Waals surface area contributed by atoms with Gasteiger partial charge in [0.2, 0.25) is 0 Å². The lowest BCUT2D eigenvalue weighted by molar-refractivity contribution is -0.162. The zero-order chi connectivity index (χ0) is 20.6. The average molecular weight is 399 g/mol. The van der Waals surface area contributed by atoms with Crippen LogP contribution < -0.4 is 5.73 Å². The van der Waals surface area contributed by atoms with Crippen LogP contribution >= 0.6 is 0 Å². The fourth-order valence-electron chi connectivity index (χ4n) is 3.45. The van der Waals surface area contributed by atoms with Gasteiger partial charge in [0, 0.05) is 12.5 Å². The molecular formula is C22H25NO6. The Labute approximate surface area is 169 Å². The van der Waals surface area contributed by atoms with Crippen LogP contribution in [0.4, 0.5) is 0 Å². The van der Waals surface area contributed by atoms with Crippen LogP contribution in [0.3, 0.4) is 0 Å². The summed E-state index contributed by atoms with van der Waals surface area (Å²) < 4.78 is 15.8. The second kappa shape index (κ2) is 10.2. The second-order valence-electron chi connectivity index (χ2n) is 6.72. The van der Waals surface area contributed by atoms with Gasteiger partial charge in [-0.15, -0.1) is 0 Å². The van der Waals surface area contributed by atoms with E-state index >= 15 is 0 Å². The molecule has 0 amide bonds. The predicted octanol–water partition coefficient (Wildman–Crippen LogP) is 2.03. The lowest BCUT2D eigenvalue weighted by Gasteiger charge is -2.17. The molecule has 1 atom stereocenters. The summed E-state index contributed by atoms with van der Waals surface area (Å²) in [6, 6.07) is 15.9. The molecule has 154 valence electrons. The second-order valence-corrected chi connectivity index (χ2v) is 6.72. The van der Waals surface area contributed by atoms with Crippen molar-refractivity contribution < 1.29 is 28.9 Å². The Morgan fingerprint density at radius 1 is 0.931 bits per heavy atom. The van der Waals surface area contributed by atoms with Gasteiger partial charge in [-0.1, -0.05) is 48.5 Å². The lowest BCUT2D eigenvalue weighted by atomic mass is 9.98. The molecule has 0 aliphatic heterocycles. The van der Waals surface area contributed by atoms with Crippen molar-refractivity contribution in [2.24, 2.45) is 11.7 Å². The first-order chi connectivity index (χ1) is 14.1. The number of benzene rings is 2. The van der Waals surface area contributed by atoms with Crippen molar-refractivity contribution >= 4 is 11.9 Å². The van der Waals surface area contributed by atoms with E-state index in [4.69, 9.17) is 19.9 Å². The van der Waals surface area contributed by atoms with Crippen LogP contribution in [0, 0.1) is 5.92 Å². The molecule has 1 aliphatic rings. The molecule has 7 nitrogen and oxygen atoms in total. The van der Waals surface area contributed by atoms with E-state index in [1.54, 1.807) is 0 Å². The molecule has 0 spiro atoms. The zero-order valence-corrected chi connectivity index (χ0v) is 16.1. The first kappa shape index (κ1) is 21.0. The van der Waals surface area contributed by atoms with Crippen LogP contribution in [0.1, 0.15) is 17.0 Å². The summed E-state index contributed by atoms with van der Waals surface area (Å²) in [4.78, 5) is 23.9. The SMILES string of the molecule is NCCOCCOCC(C(=O)O)C(=O)OCC1c2ccccc2-c2ccccc21. The maximum Gasteiger partial charge on any atom is 0.322 e. The third-order valence-corrected chi connectivity index (χ3v) is 4.86.